The van der Waals surface area contributed by atoms with E-state index in [4.69, 9.17) is 10.5 Å². The van der Waals surface area contributed by atoms with E-state index < -0.39 is 0 Å². The zero-order chi connectivity index (χ0) is 13.4. The summed E-state index contributed by atoms with van der Waals surface area (Å²) in [5.74, 6) is 0.917. The van der Waals surface area contributed by atoms with Gasteiger partial charge < -0.3 is 15.8 Å². The van der Waals surface area contributed by atoms with E-state index in [0.29, 0.717) is 5.92 Å². The Morgan fingerprint density at radius 2 is 2.22 bits per heavy atom. The number of carbonyl (C=O) groups is 1. The molecule has 3 N–H and O–H groups in total. The smallest absolute Gasteiger partial charge is 0.222 e. The van der Waals surface area contributed by atoms with Gasteiger partial charge in [0.05, 0.1) is 0 Å². The molecule has 3 atom stereocenters. The SMILES string of the molecule is CC(N)CCCC(C)C(=O)NCCC1CCOC1. The maximum atomic E-state index is 11.8. The Bertz CT molecular complexity index is 238. The lowest BCUT2D eigenvalue weighted by atomic mass is 10.0. The molecule has 0 bridgehead atoms. The maximum Gasteiger partial charge on any atom is 0.222 e. The minimum atomic E-state index is 0.101. The van der Waals surface area contributed by atoms with Crippen LogP contribution in [-0.4, -0.2) is 31.7 Å². The maximum absolute atomic E-state index is 11.8. The van der Waals surface area contributed by atoms with Crippen molar-refractivity contribution in [2.75, 3.05) is 19.8 Å². The van der Waals surface area contributed by atoms with Crippen LogP contribution >= 0.6 is 0 Å². The average molecular weight is 256 g/mol. The fraction of sp³-hybridized carbons (Fsp3) is 0.929. The highest BCUT2D eigenvalue weighted by Crippen LogP contribution is 2.15. The number of rotatable bonds is 8. The largest absolute Gasteiger partial charge is 0.381 e. The molecule has 1 saturated heterocycles. The van der Waals surface area contributed by atoms with Gasteiger partial charge in [0.2, 0.25) is 5.91 Å². The Hall–Kier alpha value is -0.610. The van der Waals surface area contributed by atoms with Gasteiger partial charge in [-0.1, -0.05) is 13.3 Å². The van der Waals surface area contributed by atoms with E-state index >= 15 is 0 Å². The first-order valence-corrected chi connectivity index (χ1v) is 7.20. The number of nitrogens with two attached hydrogens (primary N) is 1. The number of carbonyl (C=O) groups excluding carboxylic acids is 1. The van der Waals surface area contributed by atoms with Crippen molar-refractivity contribution >= 4 is 5.91 Å². The monoisotopic (exact) mass is 256 g/mol. The zero-order valence-electron chi connectivity index (χ0n) is 11.8. The molecule has 0 aromatic heterocycles. The lowest BCUT2D eigenvalue weighted by molar-refractivity contribution is -0.124. The Morgan fingerprint density at radius 1 is 1.44 bits per heavy atom. The van der Waals surface area contributed by atoms with Crippen LogP contribution in [0.3, 0.4) is 0 Å². The van der Waals surface area contributed by atoms with Gasteiger partial charge in [0.15, 0.2) is 0 Å². The average Bonchev–Trinajstić information content (AvgIpc) is 2.81. The molecular formula is C14H28N2O2. The fourth-order valence-electron chi connectivity index (χ4n) is 2.26. The van der Waals surface area contributed by atoms with Crippen LogP contribution in [-0.2, 0) is 9.53 Å². The molecule has 0 spiro atoms. The molecule has 1 rings (SSSR count). The van der Waals surface area contributed by atoms with Gasteiger partial charge in [-0.15, -0.1) is 0 Å². The first-order valence-electron chi connectivity index (χ1n) is 7.20. The van der Waals surface area contributed by atoms with Crippen molar-refractivity contribution < 1.29 is 9.53 Å². The third-order valence-electron chi connectivity index (χ3n) is 3.62. The van der Waals surface area contributed by atoms with Gasteiger partial charge in [-0.25, -0.2) is 0 Å². The van der Waals surface area contributed by atoms with Gasteiger partial charge in [-0.3, -0.25) is 4.79 Å². The fourth-order valence-corrected chi connectivity index (χ4v) is 2.26. The van der Waals surface area contributed by atoms with E-state index in [-0.39, 0.29) is 17.9 Å². The molecule has 0 aliphatic carbocycles. The first kappa shape index (κ1) is 15.4. The van der Waals surface area contributed by atoms with Gasteiger partial charge in [0.25, 0.3) is 0 Å². The predicted molar refractivity (Wildman–Crippen MR) is 73.2 cm³/mol. The van der Waals surface area contributed by atoms with Crippen molar-refractivity contribution in [1.82, 2.24) is 5.32 Å². The van der Waals surface area contributed by atoms with Crippen molar-refractivity contribution in [3.8, 4) is 0 Å². The van der Waals surface area contributed by atoms with E-state index in [9.17, 15) is 4.79 Å². The topological polar surface area (TPSA) is 64.4 Å². The molecule has 18 heavy (non-hydrogen) atoms. The summed E-state index contributed by atoms with van der Waals surface area (Å²) in [4.78, 5) is 11.8. The van der Waals surface area contributed by atoms with E-state index in [2.05, 4.69) is 5.32 Å². The molecule has 0 saturated carbocycles. The van der Waals surface area contributed by atoms with Gasteiger partial charge in [0, 0.05) is 31.7 Å². The Kier molecular flexibility index (Phi) is 7.28. The van der Waals surface area contributed by atoms with Crippen LogP contribution < -0.4 is 11.1 Å². The molecule has 0 aromatic carbocycles. The molecule has 0 aromatic rings. The summed E-state index contributed by atoms with van der Waals surface area (Å²) >= 11 is 0. The molecule has 1 aliphatic rings. The molecule has 1 fully saturated rings. The van der Waals surface area contributed by atoms with Crippen LogP contribution in [0.15, 0.2) is 0 Å². The highest BCUT2D eigenvalue weighted by Gasteiger charge is 2.16. The normalized spacial score (nSPS) is 22.7. The van der Waals surface area contributed by atoms with Crippen LogP contribution in [0.4, 0.5) is 0 Å². The highest BCUT2D eigenvalue weighted by atomic mass is 16.5. The van der Waals surface area contributed by atoms with Crippen molar-refractivity contribution in [1.29, 1.82) is 0 Å². The van der Waals surface area contributed by atoms with E-state index in [1.54, 1.807) is 0 Å². The number of ether oxygens (including phenoxy) is 1. The van der Waals surface area contributed by atoms with Crippen LogP contribution in [0.25, 0.3) is 0 Å². The Balaban J connectivity index is 2.03. The summed E-state index contributed by atoms with van der Waals surface area (Å²) in [6.07, 6.45) is 5.14. The summed E-state index contributed by atoms with van der Waals surface area (Å²) in [6.45, 7) is 6.53. The molecule has 0 radical (unpaired) electrons. The zero-order valence-corrected chi connectivity index (χ0v) is 11.8. The summed E-state index contributed by atoms with van der Waals surface area (Å²) in [7, 11) is 0. The summed E-state index contributed by atoms with van der Waals surface area (Å²) in [5, 5.41) is 3.02. The minimum Gasteiger partial charge on any atom is -0.381 e. The highest BCUT2D eigenvalue weighted by molar-refractivity contribution is 5.78. The van der Waals surface area contributed by atoms with Crippen LogP contribution in [0, 0.1) is 11.8 Å². The van der Waals surface area contributed by atoms with Crippen LogP contribution in [0.1, 0.15) is 46.0 Å². The van der Waals surface area contributed by atoms with Crippen molar-refractivity contribution in [2.45, 2.75) is 52.0 Å². The van der Waals surface area contributed by atoms with E-state index in [1.807, 2.05) is 13.8 Å². The number of hydrogen-bond donors (Lipinski definition) is 2. The van der Waals surface area contributed by atoms with Gasteiger partial charge in [-0.2, -0.15) is 0 Å². The van der Waals surface area contributed by atoms with Crippen LogP contribution in [0.2, 0.25) is 0 Å². The number of amides is 1. The van der Waals surface area contributed by atoms with Gasteiger partial charge >= 0.3 is 0 Å². The lowest BCUT2D eigenvalue weighted by Crippen LogP contribution is -2.31. The summed E-state index contributed by atoms with van der Waals surface area (Å²) in [5.41, 5.74) is 5.69. The lowest BCUT2D eigenvalue weighted by Gasteiger charge is -2.14. The van der Waals surface area contributed by atoms with E-state index in [1.165, 1.54) is 0 Å². The second kappa shape index (κ2) is 8.48. The third-order valence-corrected chi connectivity index (χ3v) is 3.62. The second-order valence-corrected chi connectivity index (χ2v) is 5.62. The molecule has 1 amide bonds. The molecular weight excluding hydrogens is 228 g/mol. The first-order chi connectivity index (χ1) is 8.59. The molecule has 1 heterocycles. The Morgan fingerprint density at radius 3 is 2.83 bits per heavy atom. The van der Waals surface area contributed by atoms with Crippen molar-refractivity contribution in [3.63, 3.8) is 0 Å². The molecule has 4 nitrogen and oxygen atoms in total. The molecule has 4 heteroatoms. The van der Waals surface area contributed by atoms with E-state index in [0.717, 1.165) is 51.9 Å². The number of hydrogen-bond acceptors (Lipinski definition) is 3. The molecule has 1 aliphatic heterocycles. The van der Waals surface area contributed by atoms with Crippen LogP contribution in [0.5, 0.6) is 0 Å². The van der Waals surface area contributed by atoms with Crippen molar-refractivity contribution in [3.05, 3.63) is 0 Å². The van der Waals surface area contributed by atoms with Crippen molar-refractivity contribution in [2.24, 2.45) is 17.6 Å². The predicted octanol–water partition coefficient (Wildman–Crippen LogP) is 1.68. The second-order valence-electron chi connectivity index (χ2n) is 5.62. The Labute approximate surface area is 111 Å². The minimum absolute atomic E-state index is 0.101. The third kappa shape index (κ3) is 6.36. The summed E-state index contributed by atoms with van der Waals surface area (Å²) in [6, 6.07) is 0.239. The van der Waals surface area contributed by atoms with Gasteiger partial charge in [-0.05, 0) is 38.5 Å². The molecule has 106 valence electrons. The summed E-state index contributed by atoms with van der Waals surface area (Å²) < 4.78 is 5.31. The molecule has 3 unspecified atom stereocenters. The standard InChI is InChI=1S/C14H28N2O2/c1-11(4-3-5-12(2)15)14(17)16-8-6-13-7-9-18-10-13/h11-13H,3-10,15H2,1-2H3,(H,16,17). The van der Waals surface area contributed by atoms with Gasteiger partial charge in [0.1, 0.15) is 0 Å². The number of nitrogens with one attached hydrogen (secondary N) is 1. The quantitative estimate of drug-likeness (QED) is 0.694.